The number of benzene rings is 2. The highest BCUT2D eigenvalue weighted by Gasteiger charge is 2.04. The van der Waals surface area contributed by atoms with E-state index < -0.39 is 0 Å². The van der Waals surface area contributed by atoms with Gasteiger partial charge in [0.05, 0.1) is 18.3 Å². The Kier molecular flexibility index (Phi) is 3.39. The average Bonchev–Trinajstić information content (AvgIpc) is 2.93. The number of nitrogens with zero attached hydrogens (tertiary/aromatic N) is 1. The minimum atomic E-state index is 0.0846. The maximum absolute atomic E-state index is 9.04. The molecule has 1 aromatic heterocycles. The zero-order valence-corrected chi connectivity index (χ0v) is 11.4. The van der Waals surface area contributed by atoms with E-state index in [1.165, 1.54) is 11.1 Å². The molecule has 3 N–H and O–H groups in total. The first-order chi connectivity index (χ1) is 9.76. The second-order valence-corrected chi connectivity index (χ2v) is 4.97. The zero-order chi connectivity index (χ0) is 13.9. The summed E-state index contributed by atoms with van der Waals surface area (Å²) in [7, 11) is 0. The molecule has 0 saturated carbocycles. The molecule has 4 nitrogen and oxygen atoms in total. The normalized spacial score (nSPS) is 10.9. The lowest BCUT2D eigenvalue weighted by molar-refractivity contribution is 0.282. The fourth-order valence-corrected chi connectivity index (χ4v) is 2.30. The van der Waals surface area contributed by atoms with E-state index in [4.69, 9.17) is 5.11 Å². The number of aliphatic hydroxyl groups excluding tert-OH is 1. The van der Waals surface area contributed by atoms with Crippen molar-refractivity contribution in [3.8, 4) is 0 Å². The topological polar surface area (TPSA) is 60.9 Å². The number of H-pyrrole nitrogens is 1. The Balaban J connectivity index is 1.80. The molecule has 0 saturated heterocycles. The van der Waals surface area contributed by atoms with Gasteiger partial charge in [0.2, 0.25) is 0 Å². The highest BCUT2D eigenvalue weighted by Crippen LogP contribution is 2.24. The predicted molar refractivity (Wildman–Crippen MR) is 80.5 cm³/mol. The molecular formula is C16H17N3O. The molecular weight excluding hydrogens is 250 g/mol. The van der Waals surface area contributed by atoms with Crippen molar-refractivity contribution in [3.05, 3.63) is 59.3 Å². The minimum Gasteiger partial charge on any atom is -0.392 e. The number of rotatable bonds is 4. The SMILES string of the molecule is Cc1cc(NCc2ccc(CO)cc2)c2cn[nH]c2c1. The van der Waals surface area contributed by atoms with Gasteiger partial charge in [-0.1, -0.05) is 24.3 Å². The molecule has 3 aromatic rings. The lowest BCUT2D eigenvalue weighted by Gasteiger charge is -2.09. The summed E-state index contributed by atoms with van der Waals surface area (Å²) in [6.07, 6.45) is 1.84. The Bertz CT molecular complexity index is 716. The van der Waals surface area contributed by atoms with E-state index in [2.05, 4.69) is 34.6 Å². The van der Waals surface area contributed by atoms with Crippen molar-refractivity contribution in [1.82, 2.24) is 10.2 Å². The molecule has 0 aliphatic heterocycles. The van der Waals surface area contributed by atoms with Gasteiger partial charge in [-0.2, -0.15) is 5.10 Å². The first-order valence-electron chi connectivity index (χ1n) is 6.62. The number of hydrogen-bond donors (Lipinski definition) is 3. The Morgan fingerprint density at radius 3 is 2.65 bits per heavy atom. The largest absolute Gasteiger partial charge is 0.392 e. The van der Waals surface area contributed by atoms with Crippen LogP contribution in [0.15, 0.2) is 42.6 Å². The third-order valence-electron chi connectivity index (χ3n) is 3.39. The number of anilines is 1. The first-order valence-corrected chi connectivity index (χ1v) is 6.62. The van der Waals surface area contributed by atoms with E-state index >= 15 is 0 Å². The van der Waals surface area contributed by atoms with Gasteiger partial charge in [0.15, 0.2) is 0 Å². The number of fused-ring (bicyclic) bond motifs is 1. The second kappa shape index (κ2) is 5.35. The zero-order valence-electron chi connectivity index (χ0n) is 11.4. The van der Waals surface area contributed by atoms with E-state index in [1.807, 2.05) is 30.5 Å². The van der Waals surface area contributed by atoms with Gasteiger partial charge in [0, 0.05) is 17.6 Å². The summed E-state index contributed by atoms with van der Waals surface area (Å²) < 4.78 is 0. The van der Waals surface area contributed by atoms with Crippen molar-refractivity contribution in [2.24, 2.45) is 0 Å². The van der Waals surface area contributed by atoms with E-state index in [0.717, 1.165) is 28.7 Å². The molecule has 4 heteroatoms. The van der Waals surface area contributed by atoms with Crippen LogP contribution in [0, 0.1) is 6.92 Å². The van der Waals surface area contributed by atoms with Crippen LogP contribution < -0.4 is 5.32 Å². The van der Waals surface area contributed by atoms with Crippen LogP contribution in [0.3, 0.4) is 0 Å². The summed E-state index contributed by atoms with van der Waals surface area (Å²) in [5.74, 6) is 0. The molecule has 0 spiro atoms. The van der Waals surface area contributed by atoms with Crippen molar-refractivity contribution in [1.29, 1.82) is 0 Å². The molecule has 0 atom stereocenters. The maximum atomic E-state index is 9.04. The van der Waals surface area contributed by atoms with E-state index in [-0.39, 0.29) is 6.61 Å². The number of hydrogen-bond acceptors (Lipinski definition) is 3. The molecule has 0 radical (unpaired) electrons. The van der Waals surface area contributed by atoms with Gasteiger partial charge < -0.3 is 10.4 Å². The third kappa shape index (κ3) is 2.51. The maximum Gasteiger partial charge on any atom is 0.0681 e. The summed E-state index contributed by atoms with van der Waals surface area (Å²) in [5.41, 5.74) is 5.44. The number of aromatic amines is 1. The van der Waals surface area contributed by atoms with Crippen LogP contribution in [0.5, 0.6) is 0 Å². The van der Waals surface area contributed by atoms with Crippen molar-refractivity contribution in [3.63, 3.8) is 0 Å². The molecule has 0 unspecified atom stereocenters. The van der Waals surface area contributed by atoms with Crippen molar-refractivity contribution >= 4 is 16.6 Å². The summed E-state index contributed by atoms with van der Waals surface area (Å²) >= 11 is 0. The summed E-state index contributed by atoms with van der Waals surface area (Å²) in [4.78, 5) is 0. The highest BCUT2D eigenvalue weighted by atomic mass is 16.3. The Morgan fingerprint density at radius 2 is 1.90 bits per heavy atom. The van der Waals surface area contributed by atoms with Crippen LogP contribution in [0.2, 0.25) is 0 Å². The Hall–Kier alpha value is -2.33. The number of aromatic nitrogens is 2. The average molecular weight is 267 g/mol. The molecule has 0 bridgehead atoms. The van der Waals surface area contributed by atoms with Gasteiger partial charge in [-0.05, 0) is 35.7 Å². The number of nitrogens with one attached hydrogen (secondary N) is 2. The Labute approximate surface area is 117 Å². The predicted octanol–water partition coefficient (Wildman–Crippen LogP) is 2.98. The van der Waals surface area contributed by atoms with Gasteiger partial charge in [-0.25, -0.2) is 0 Å². The van der Waals surface area contributed by atoms with E-state index in [0.29, 0.717) is 0 Å². The van der Waals surface area contributed by atoms with Crippen LogP contribution in [-0.4, -0.2) is 15.3 Å². The quantitative estimate of drug-likeness (QED) is 0.681. The highest BCUT2D eigenvalue weighted by molar-refractivity contribution is 5.91. The van der Waals surface area contributed by atoms with E-state index in [1.54, 1.807) is 0 Å². The lowest BCUT2D eigenvalue weighted by Crippen LogP contribution is -2.00. The molecule has 102 valence electrons. The number of aryl methyl sites for hydroxylation is 1. The smallest absolute Gasteiger partial charge is 0.0681 e. The summed E-state index contributed by atoms with van der Waals surface area (Å²) in [5, 5.41) is 20.7. The standard InChI is InChI=1S/C16H17N3O/c1-11-6-15(14-9-18-19-16(14)7-11)17-8-12-2-4-13(10-20)5-3-12/h2-7,9,17,20H,8,10H2,1H3,(H,18,19). The summed E-state index contributed by atoms with van der Waals surface area (Å²) in [6.45, 7) is 2.90. The molecule has 0 aliphatic rings. The van der Waals surface area contributed by atoms with Gasteiger partial charge in [0.25, 0.3) is 0 Å². The Morgan fingerprint density at radius 1 is 1.15 bits per heavy atom. The summed E-state index contributed by atoms with van der Waals surface area (Å²) in [6, 6.07) is 12.2. The fraction of sp³-hybridized carbons (Fsp3) is 0.188. The third-order valence-corrected chi connectivity index (χ3v) is 3.39. The molecule has 0 aliphatic carbocycles. The second-order valence-electron chi connectivity index (χ2n) is 4.97. The van der Waals surface area contributed by atoms with Gasteiger partial charge in [-0.3, -0.25) is 5.10 Å². The first kappa shape index (κ1) is 12.7. The fourth-order valence-electron chi connectivity index (χ4n) is 2.30. The van der Waals surface area contributed by atoms with Crippen LogP contribution in [0.25, 0.3) is 10.9 Å². The van der Waals surface area contributed by atoms with Crippen LogP contribution in [-0.2, 0) is 13.2 Å². The molecule has 20 heavy (non-hydrogen) atoms. The van der Waals surface area contributed by atoms with Gasteiger partial charge >= 0.3 is 0 Å². The van der Waals surface area contributed by atoms with Crippen LogP contribution >= 0.6 is 0 Å². The molecule has 1 heterocycles. The van der Waals surface area contributed by atoms with Crippen LogP contribution in [0.1, 0.15) is 16.7 Å². The van der Waals surface area contributed by atoms with Crippen molar-refractivity contribution < 1.29 is 5.11 Å². The number of aliphatic hydroxyl groups is 1. The van der Waals surface area contributed by atoms with E-state index in [9.17, 15) is 0 Å². The minimum absolute atomic E-state index is 0.0846. The molecule has 0 fully saturated rings. The van der Waals surface area contributed by atoms with Gasteiger partial charge in [-0.15, -0.1) is 0 Å². The van der Waals surface area contributed by atoms with Crippen molar-refractivity contribution in [2.45, 2.75) is 20.1 Å². The van der Waals surface area contributed by atoms with Crippen molar-refractivity contribution in [2.75, 3.05) is 5.32 Å². The monoisotopic (exact) mass is 267 g/mol. The lowest BCUT2D eigenvalue weighted by atomic mass is 10.1. The molecule has 2 aromatic carbocycles. The van der Waals surface area contributed by atoms with Gasteiger partial charge in [0.1, 0.15) is 0 Å². The molecule has 3 rings (SSSR count). The molecule has 0 amide bonds. The van der Waals surface area contributed by atoms with Crippen LogP contribution in [0.4, 0.5) is 5.69 Å².